The van der Waals surface area contributed by atoms with E-state index in [1.807, 2.05) is 0 Å². The maximum atomic E-state index is 12.9. The molecule has 1 aromatic rings. The number of carbonyl (C=O) groups is 1. The molecule has 5 nitrogen and oxygen atoms in total. The molecule has 0 saturated carbocycles. The average Bonchev–Trinajstić information content (AvgIpc) is 2.75. The SMILES string of the molecule is CNC(=O)N(C)c1nnc(C(F)(F)C(F)(F)F)s1. The molecule has 1 aromatic heterocycles. The molecule has 0 saturated heterocycles. The minimum Gasteiger partial charge on any atom is -0.341 e. The highest BCUT2D eigenvalue weighted by molar-refractivity contribution is 7.15. The van der Waals surface area contributed by atoms with E-state index in [9.17, 15) is 26.7 Å². The van der Waals surface area contributed by atoms with Gasteiger partial charge in [-0.1, -0.05) is 11.3 Å². The molecule has 0 aromatic carbocycles. The van der Waals surface area contributed by atoms with Crippen LogP contribution in [0.25, 0.3) is 0 Å². The fraction of sp³-hybridized carbons (Fsp3) is 0.571. The molecule has 0 radical (unpaired) electrons. The summed E-state index contributed by atoms with van der Waals surface area (Å²) in [4.78, 5) is 11.9. The van der Waals surface area contributed by atoms with Crippen molar-refractivity contribution in [2.75, 3.05) is 19.0 Å². The maximum Gasteiger partial charge on any atom is 0.460 e. The van der Waals surface area contributed by atoms with Gasteiger partial charge in [0.15, 0.2) is 5.01 Å². The van der Waals surface area contributed by atoms with Crippen molar-refractivity contribution in [2.24, 2.45) is 0 Å². The van der Waals surface area contributed by atoms with Crippen molar-refractivity contribution in [1.29, 1.82) is 0 Å². The van der Waals surface area contributed by atoms with Crippen LogP contribution in [-0.2, 0) is 5.92 Å². The Bertz CT molecular complexity index is 445. The summed E-state index contributed by atoms with van der Waals surface area (Å²) < 4.78 is 61.9. The summed E-state index contributed by atoms with van der Waals surface area (Å²) in [7, 11) is 2.43. The third-order valence-electron chi connectivity index (χ3n) is 1.84. The normalized spacial score (nSPS) is 12.4. The highest BCUT2D eigenvalue weighted by atomic mass is 32.1. The molecule has 0 atom stereocenters. The summed E-state index contributed by atoms with van der Waals surface area (Å²) in [5.41, 5.74) is 0. The highest BCUT2D eigenvalue weighted by Gasteiger charge is 2.61. The van der Waals surface area contributed by atoms with Gasteiger partial charge in [0.25, 0.3) is 0 Å². The van der Waals surface area contributed by atoms with Gasteiger partial charge in [0, 0.05) is 14.1 Å². The van der Waals surface area contributed by atoms with Crippen molar-refractivity contribution in [1.82, 2.24) is 15.5 Å². The summed E-state index contributed by atoms with van der Waals surface area (Å²) in [5, 5.41) is 6.16. The first-order valence-corrected chi connectivity index (χ1v) is 5.17. The van der Waals surface area contributed by atoms with Crippen LogP contribution in [0, 0.1) is 0 Å². The number of carbonyl (C=O) groups excluding carboxylic acids is 1. The number of hydrogen-bond acceptors (Lipinski definition) is 4. The Balaban J connectivity index is 3.04. The number of nitrogens with one attached hydrogen (secondary N) is 1. The fourth-order valence-electron chi connectivity index (χ4n) is 0.854. The zero-order chi connectivity index (χ0) is 14.1. The summed E-state index contributed by atoms with van der Waals surface area (Å²) in [6.07, 6.45) is -5.75. The van der Waals surface area contributed by atoms with Crippen molar-refractivity contribution in [3.63, 3.8) is 0 Å². The predicted molar refractivity (Wildman–Crippen MR) is 52.7 cm³/mol. The Kier molecular flexibility index (Phi) is 3.74. The van der Waals surface area contributed by atoms with Crippen molar-refractivity contribution in [3.05, 3.63) is 5.01 Å². The van der Waals surface area contributed by atoms with Crippen LogP contribution in [-0.4, -0.2) is 36.5 Å². The lowest BCUT2D eigenvalue weighted by Crippen LogP contribution is -2.34. The Morgan fingerprint density at radius 3 is 2.28 bits per heavy atom. The number of halogens is 5. The van der Waals surface area contributed by atoms with Crippen LogP contribution in [0.2, 0.25) is 0 Å². The van der Waals surface area contributed by atoms with E-state index in [1.54, 1.807) is 0 Å². The molecular formula is C7H7F5N4OS. The molecule has 0 unspecified atom stereocenters. The molecule has 0 fully saturated rings. The zero-order valence-corrected chi connectivity index (χ0v) is 9.86. The van der Waals surface area contributed by atoms with E-state index >= 15 is 0 Å². The number of nitrogens with zero attached hydrogens (tertiary/aromatic N) is 3. The minimum atomic E-state index is -5.75. The van der Waals surface area contributed by atoms with Gasteiger partial charge in [-0.15, -0.1) is 10.2 Å². The maximum absolute atomic E-state index is 12.9. The molecule has 1 heterocycles. The number of urea groups is 1. The molecule has 0 spiro atoms. The molecule has 11 heteroatoms. The van der Waals surface area contributed by atoms with Crippen molar-refractivity contribution in [3.8, 4) is 0 Å². The first kappa shape index (κ1) is 14.5. The van der Waals surface area contributed by atoms with Gasteiger partial charge in [-0.2, -0.15) is 22.0 Å². The lowest BCUT2D eigenvalue weighted by atomic mass is 10.3. The van der Waals surface area contributed by atoms with Gasteiger partial charge in [0.05, 0.1) is 0 Å². The number of anilines is 1. The minimum absolute atomic E-state index is 0.00863. The number of rotatable bonds is 2. The third kappa shape index (κ3) is 2.49. The van der Waals surface area contributed by atoms with Gasteiger partial charge in [0.1, 0.15) is 0 Å². The molecule has 0 bridgehead atoms. The lowest BCUT2D eigenvalue weighted by molar-refractivity contribution is -0.289. The number of hydrogen-bond donors (Lipinski definition) is 1. The van der Waals surface area contributed by atoms with E-state index < -0.39 is 23.1 Å². The number of alkyl halides is 5. The van der Waals surface area contributed by atoms with E-state index in [2.05, 4.69) is 15.5 Å². The monoisotopic (exact) mass is 290 g/mol. The molecule has 1 rings (SSSR count). The Morgan fingerprint density at radius 2 is 1.83 bits per heavy atom. The fourth-order valence-corrected chi connectivity index (χ4v) is 1.65. The number of aromatic nitrogens is 2. The lowest BCUT2D eigenvalue weighted by Gasteiger charge is -2.16. The van der Waals surface area contributed by atoms with Crippen molar-refractivity contribution >= 4 is 22.5 Å². The highest BCUT2D eigenvalue weighted by Crippen LogP contribution is 2.45. The van der Waals surface area contributed by atoms with E-state index in [4.69, 9.17) is 0 Å². The molecule has 0 aliphatic rings. The van der Waals surface area contributed by atoms with Gasteiger partial charge in [0.2, 0.25) is 5.13 Å². The second-order valence-corrected chi connectivity index (χ2v) is 4.03. The third-order valence-corrected chi connectivity index (χ3v) is 2.91. The second-order valence-electron chi connectivity index (χ2n) is 3.08. The topological polar surface area (TPSA) is 58.1 Å². The van der Waals surface area contributed by atoms with E-state index in [-0.39, 0.29) is 16.5 Å². The van der Waals surface area contributed by atoms with Crippen molar-refractivity contribution < 1.29 is 26.7 Å². The summed E-state index contributed by atoms with van der Waals surface area (Å²) in [5.74, 6) is -5.09. The van der Waals surface area contributed by atoms with Crippen LogP contribution >= 0.6 is 11.3 Å². The summed E-state index contributed by atoms with van der Waals surface area (Å²) in [6.45, 7) is 0. The largest absolute Gasteiger partial charge is 0.460 e. The van der Waals surface area contributed by atoms with Crippen molar-refractivity contribution in [2.45, 2.75) is 12.1 Å². The van der Waals surface area contributed by atoms with Crippen LogP contribution in [0.15, 0.2) is 0 Å². The van der Waals surface area contributed by atoms with Crippen LogP contribution in [0.1, 0.15) is 5.01 Å². The van der Waals surface area contributed by atoms with Crippen LogP contribution in [0.5, 0.6) is 0 Å². The van der Waals surface area contributed by atoms with Gasteiger partial charge in [-0.25, -0.2) is 4.79 Å². The molecule has 2 amide bonds. The second kappa shape index (κ2) is 4.63. The van der Waals surface area contributed by atoms with Gasteiger partial charge in [-0.05, 0) is 0 Å². The van der Waals surface area contributed by atoms with E-state index in [0.717, 1.165) is 11.9 Å². The molecule has 0 aliphatic heterocycles. The Morgan fingerprint density at radius 1 is 1.28 bits per heavy atom. The quantitative estimate of drug-likeness (QED) is 0.847. The van der Waals surface area contributed by atoms with Gasteiger partial charge in [-0.3, -0.25) is 4.90 Å². The molecule has 0 aliphatic carbocycles. The molecule has 102 valence electrons. The Labute approximate surface area is 102 Å². The smallest absolute Gasteiger partial charge is 0.341 e. The van der Waals surface area contributed by atoms with E-state index in [0.29, 0.717) is 0 Å². The summed E-state index contributed by atoms with van der Waals surface area (Å²) in [6, 6.07) is -0.715. The zero-order valence-electron chi connectivity index (χ0n) is 9.05. The standard InChI is InChI=1S/C7H7F5N4OS/c1-13-4(17)16(2)5-15-14-3(18-5)6(8,9)7(10,11)12/h1-2H3,(H,13,17). The predicted octanol–water partition coefficient (Wildman–Crippen LogP) is 1.97. The van der Waals surface area contributed by atoms with E-state index in [1.165, 1.54) is 7.05 Å². The average molecular weight is 290 g/mol. The van der Waals surface area contributed by atoms with Gasteiger partial charge >= 0.3 is 18.1 Å². The Hall–Kier alpha value is -1.52. The molecule has 18 heavy (non-hydrogen) atoms. The van der Waals surface area contributed by atoms with Gasteiger partial charge < -0.3 is 5.32 Å². The van der Waals surface area contributed by atoms with Crippen LogP contribution in [0.4, 0.5) is 31.9 Å². The van der Waals surface area contributed by atoms with Crippen LogP contribution in [0.3, 0.4) is 0 Å². The summed E-state index contributed by atoms with van der Waals surface area (Å²) >= 11 is -0.00863. The molecule has 1 N–H and O–H groups in total. The first-order chi connectivity index (χ1) is 8.11. The molecular weight excluding hydrogens is 283 g/mol. The van der Waals surface area contributed by atoms with Crippen LogP contribution < -0.4 is 10.2 Å². The first-order valence-electron chi connectivity index (χ1n) is 4.35. The number of amides is 2.